The third kappa shape index (κ3) is 1.77. The average Bonchev–Trinajstić information content (AvgIpc) is 3.12. The van der Waals surface area contributed by atoms with E-state index in [1.807, 2.05) is 13.0 Å². The van der Waals surface area contributed by atoms with E-state index in [0.717, 1.165) is 26.9 Å². The summed E-state index contributed by atoms with van der Waals surface area (Å²) in [5, 5.41) is 0.979. The summed E-state index contributed by atoms with van der Waals surface area (Å²) in [6.45, 7) is 2.54. The molecule has 5 heteroatoms. The maximum atomic E-state index is 5.72. The Hall–Kier alpha value is -1.72. The molecule has 0 unspecified atom stereocenters. The number of aromatic nitrogens is 3. The van der Waals surface area contributed by atoms with Gasteiger partial charge in [-0.25, -0.2) is 9.97 Å². The van der Waals surface area contributed by atoms with Gasteiger partial charge in [-0.1, -0.05) is 12.1 Å². The van der Waals surface area contributed by atoms with Crippen LogP contribution in [0.15, 0.2) is 24.3 Å². The topological polar surface area (TPSA) is 56.7 Å². The number of nitrogens with zero attached hydrogens (tertiary/aromatic N) is 3. The van der Waals surface area contributed by atoms with Crippen LogP contribution in [0.2, 0.25) is 0 Å². The maximum Gasteiger partial charge on any atom is 0.153 e. The van der Waals surface area contributed by atoms with Gasteiger partial charge in [-0.2, -0.15) is 0 Å². The first kappa shape index (κ1) is 12.1. The van der Waals surface area contributed by atoms with Crippen molar-refractivity contribution in [1.82, 2.24) is 14.5 Å². The van der Waals surface area contributed by atoms with Gasteiger partial charge in [-0.05, 0) is 31.9 Å². The van der Waals surface area contributed by atoms with E-state index in [-0.39, 0.29) is 0 Å². The number of benzene rings is 1. The van der Waals surface area contributed by atoms with Crippen molar-refractivity contribution in [2.45, 2.75) is 32.4 Å². The summed E-state index contributed by atoms with van der Waals surface area (Å²) < 4.78 is 2.39. The quantitative estimate of drug-likeness (QED) is 0.803. The van der Waals surface area contributed by atoms with Crippen LogP contribution < -0.4 is 5.73 Å². The number of hydrogen-bond acceptors (Lipinski definition) is 4. The van der Waals surface area contributed by atoms with Gasteiger partial charge in [-0.3, -0.25) is 0 Å². The molecular weight excluding hydrogens is 268 g/mol. The fourth-order valence-electron chi connectivity index (χ4n) is 2.65. The van der Waals surface area contributed by atoms with Gasteiger partial charge in [0, 0.05) is 12.6 Å². The molecule has 1 aromatic carbocycles. The second-order valence-corrected chi connectivity index (χ2v) is 6.34. The van der Waals surface area contributed by atoms with E-state index >= 15 is 0 Å². The SMILES string of the molecule is Cc1nc(CN)sc1-c1nc2ccccc2n1C1CC1. The lowest BCUT2D eigenvalue weighted by molar-refractivity contribution is 0.776. The highest BCUT2D eigenvalue weighted by molar-refractivity contribution is 7.15. The zero-order valence-corrected chi connectivity index (χ0v) is 12.2. The Morgan fingerprint density at radius 2 is 2.10 bits per heavy atom. The molecule has 4 nitrogen and oxygen atoms in total. The van der Waals surface area contributed by atoms with Crippen molar-refractivity contribution in [2.75, 3.05) is 0 Å². The molecule has 0 radical (unpaired) electrons. The molecule has 20 heavy (non-hydrogen) atoms. The number of nitrogens with two attached hydrogens (primary N) is 1. The van der Waals surface area contributed by atoms with Crippen LogP contribution in [0.5, 0.6) is 0 Å². The van der Waals surface area contributed by atoms with Crippen LogP contribution in [0.3, 0.4) is 0 Å². The molecular formula is C15H16N4S. The average molecular weight is 284 g/mol. The second-order valence-electron chi connectivity index (χ2n) is 5.25. The molecule has 0 atom stereocenters. The van der Waals surface area contributed by atoms with Gasteiger partial charge in [0.25, 0.3) is 0 Å². The fourth-order valence-corrected chi connectivity index (χ4v) is 3.58. The minimum absolute atomic E-state index is 0.495. The predicted molar refractivity (Wildman–Crippen MR) is 81.7 cm³/mol. The summed E-state index contributed by atoms with van der Waals surface area (Å²) in [7, 11) is 0. The second kappa shape index (κ2) is 4.40. The third-order valence-corrected chi connectivity index (χ3v) is 4.90. The molecule has 1 saturated carbocycles. The number of hydrogen-bond donors (Lipinski definition) is 1. The van der Waals surface area contributed by atoms with E-state index in [2.05, 4.69) is 27.8 Å². The normalized spacial score (nSPS) is 15.1. The van der Waals surface area contributed by atoms with Crippen LogP contribution in [0.1, 0.15) is 29.6 Å². The lowest BCUT2D eigenvalue weighted by Gasteiger charge is -2.06. The summed E-state index contributed by atoms with van der Waals surface area (Å²) in [4.78, 5) is 10.5. The zero-order valence-electron chi connectivity index (χ0n) is 11.3. The Balaban J connectivity index is 1.98. The molecule has 0 bridgehead atoms. The van der Waals surface area contributed by atoms with Gasteiger partial charge in [0.1, 0.15) is 5.01 Å². The Morgan fingerprint density at radius 1 is 1.30 bits per heavy atom. The fraction of sp³-hybridized carbons (Fsp3) is 0.333. The molecule has 1 fully saturated rings. The molecule has 0 aliphatic heterocycles. The van der Waals surface area contributed by atoms with Crippen LogP contribution in [0, 0.1) is 6.92 Å². The van der Waals surface area contributed by atoms with Crippen molar-refractivity contribution in [3.8, 4) is 10.7 Å². The summed E-state index contributed by atoms with van der Waals surface area (Å²) >= 11 is 1.67. The molecule has 1 aliphatic carbocycles. The Bertz CT molecular complexity index is 782. The van der Waals surface area contributed by atoms with E-state index in [1.165, 1.54) is 18.4 Å². The van der Waals surface area contributed by atoms with E-state index in [1.54, 1.807) is 11.3 Å². The molecule has 0 saturated heterocycles. The van der Waals surface area contributed by atoms with Crippen molar-refractivity contribution < 1.29 is 0 Å². The molecule has 0 spiro atoms. The lowest BCUT2D eigenvalue weighted by Crippen LogP contribution is -1.97. The first-order valence-electron chi connectivity index (χ1n) is 6.91. The number of imidazole rings is 1. The number of fused-ring (bicyclic) bond motifs is 1. The predicted octanol–water partition coefficient (Wildman–Crippen LogP) is 3.26. The van der Waals surface area contributed by atoms with Crippen molar-refractivity contribution in [1.29, 1.82) is 0 Å². The smallest absolute Gasteiger partial charge is 0.153 e. The van der Waals surface area contributed by atoms with E-state index in [4.69, 9.17) is 10.7 Å². The highest BCUT2D eigenvalue weighted by Crippen LogP contribution is 2.42. The first-order valence-corrected chi connectivity index (χ1v) is 7.73. The molecule has 0 amide bonds. The number of aryl methyl sites for hydroxylation is 1. The Labute approximate surface area is 121 Å². The van der Waals surface area contributed by atoms with Crippen molar-refractivity contribution in [3.63, 3.8) is 0 Å². The lowest BCUT2D eigenvalue weighted by atomic mass is 10.3. The monoisotopic (exact) mass is 284 g/mol. The Kier molecular flexibility index (Phi) is 2.65. The molecule has 2 heterocycles. The van der Waals surface area contributed by atoms with E-state index in [9.17, 15) is 0 Å². The van der Waals surface area contributed by atoms with Gasteiger partial charge in [0.05, 0.1) is 21.6 Å². The van der Waals surface area contributed by atoms with Crippen LogP contribution in [0.4, 0.5) is 0 Å². The highest BCUT2D eigenvalue weighted by Gasteiger charge is 2.29. The molecule has 4 rings (SSSR count). The van der Waals surface area contributed by atoms with Gasteiger partial charge in [0.15, 0.2) is 5.82 Å². The van der Waals surface area contributed by atoms with E-state index < -0.39 is 0 Å². The number of para-hydroxylation sites is 2. The van der Waals surface area contributed by atoms with Gasteiger partial charge < -0.3 is 10.3 Å². The summed E-state index contributed by atoms with van der Waals surface area (Å²) in [6, 6.07) is 8.96. The van der Waals surface area contributed by atoms with Crippen molar-refractivity contribution in [3.05, 3.63) is 35.0 Å². The molecule has 102 valence electrons. The summed E-state index contributed by atoms with van der Waals surface area (Å²) in [5.41, 5.74) is 9.05. The number of rotatable bonds is 3. The molecule has 1 aliphatic rings. The minimum Gasteiger partial charge on any atom is -0.325 e. The van der Waals surface area contributed by atoms with Gasteiger partial charge in [0.2, 0.25) is 0 Å². The number of thiazole rings is 1. The third-order valence-electron chi connectivity index (χ3n) is 3.73. The molecule has 3 aromatic rings. The standard InChI is InChI=1S/C15H16N4S/c1-9-14(20-13(8-16)17-9)15-18-11-4-2-3-5-12(11)19(15)10-6-7-10/h2-5,10H,6-8,16H2,1H3. The van der Waals surface area contributed by atoms with Crippen LogP contribution >= 0.6 is 11.3 Å². The van der Waals surface area contributed by atoms with E-state index in [0.29, 0.717) is 12.6 Å². The zero-order chi connectivity index (χ0) is 13.7. The highest BCUT2D eigenvalue weighted by atomic mass is 32.1. The first-order chi connectivity index (χ1) is 9.78. The van der Waals surface area contributed by atoms with Crippen LogP contribution in [-0.2, 0) is 6.54 Å². The van der Waals surface area contributed by atoms with Crippen LogP contribution in [-0.4, -0.2) is 14.5 Å². The maximum absolute atomic E-state index is 5.72. The summed E-state index contributed by atoms with van der Waals surface area (Å²) in [5.74, 6) is 1.06. The van der Waals surface area contributed by atoms with Gasteiger partial charge in [-0.15, -0.1) is 11.3 Å². The molecule has 2 aromatic heterocycles. The van der Waals surface area contributed by atoms with Crippen LogP contribution in [0.25, 0.3) is 21.7 Å². The Morgan fingerprint density at radius 3 is 2.80 bits per heavy atom. The van der Waals surface area contributed by atoms with Gasteiger partial charge >= 0.3 is 0 Å². The van der Waals surface area contributed by atoms with Crippen molar-refractivity contribution in [2.24, 2.45) is 5.73 Å². The largest absolute Gasteiger partial charge is 0.325 e. The minimum atomic E-state index is 0.495. The molecule has 2 N–H and O–H groups in total. The summed E-state index contributed by atoms with van der Waals surface area (Å²) in [6.07, 6.45) is 2.49. The van der Waals surface area contributed by atoms with Crippen molar-refractivity contribution >= 4 is 22.4 Å².